The number of H-pyrrole nitrogens is 1. The lowest BCUT2D eigenvalue weighted by Gasteiger charge is -2.40. The third-order valence-electron chi connectivity index (χ3n) is 6.57. The molecule has 2 aromatic carbocycles. The number of hydrogen-bond donors (Lipinski definition) is 3. The van der Waals surface area contributed by atoms with Crippen LogP contribution in [0.2, 0.25) is 0 Å². The molecule has 1 saturated heterocycles. The van der Waals surface area contributed by atoms with Gasteiger partial charge in [0.1, 0.15) is 12.0 Å². The zero-order valence-electron chi connectivity index (χ0n) is 18.3. The van der Waals surface area contributed by atoms with Crippen LogP contribution in [0.1, 0.15) is 30.5 Å². The van der Waals surface area contributed by atoms with Gasteiger partial charge in [-0.3, -0.25) is 9.88 Å². The molecule has 32 heavy (non-hydrogen) atoms. The average Bonchev–Trinajstić information content (AvgIpc) is 3.20. The van der Waals surface area contributed by atoms with Gasteiger partial charge >= 0.3 is 0 Å². The van der Waals surface area contributed by atoms with Crippen LogP contribution in [0.5, 0.6) is 5.75 Å². The number of nitrogens with zero attached hydrogens (tertiary/aromatic N) is 2. The number of rotatable bonds is 6. The van der Waals surface area contributed by atoms with Gasteiger partial charge in [0.25, 0.3) is 0 Å². The van der Waals surface area contributed by atoms with Gasteiger partial charge in [-0.1, -0.05) is 24.3 Å². The number of aromatic amines is 1. The zero-order chi connectivity index (χ0) is 22.1. The Bertz CT molecular complexity index is 1230. The van der Waals surface area contributed by atoms with Crippen molar-refractivity contribution in [2.45, 2.75) is 38.0 Å². The van der Waals surface area contributed by atoms with Crippen molar-refractivity contribution in [3.05, 3.63) is 72.1 Å². The quantitative estimate of drug-likeness (QED) is 0.428. The first kappa shape index (κ1) is 20.9. The van der Waals surface area contributed by atoms with E-state index in [1.54, 1.807) is 6.20 Å². The molecular formula is C26H29N3O3. The number of hydrogen-bond acceptors (Lipinski definition) is 5. The van der Waals surface area contributed by atoms with Crippen LogP contribution in [0.3, 0.4) is 0 Å². The summed E-state index contributed by atoms with van der Waals surface area (Å²) < 4.78 is 5.98. The molecule has 166 valence electrons. The first-order valence-corrected chi connectivity index (χ1v) is 11.2. The summed E-state index contributed by atoms with van der Waals surface area (Å²) in [7, 11) is 0. The Hall–Kier alpha value is -2.93. The minimum atomic E-state index is -0.911. The maximum Gasteiger partial charge on any atom is 0.128 e. The number of ether oxygens (including phenoxy) is 1. The van der Waals surface area contributed by atoms with E-state index in [1.165, 1.54) is 0 Å². The molecule has 2 aromatic heterocycles. The Morgan fingerprint density at radius 1 is 1.12 bits per heavy atom. The number of aromatic nitrogens is 2. The fourth-order valence-electron chi connectivity index (χ4n) is 4.66. The van der Waals surface area contributed by atoms with Crippen LogP contribution in [-0.2, 0) is 5.60 Å². The highest BCUT2D eigenvalue weighted by Crippen LogP contribution is 2.34. The molecule has 6 heteroatoms. The van der Waals surface area contributed by atoms with Crippen LogP contribution >= 0.6 is 0 Å². The Kier molecular flexibility index (Phi) is 5.59. The van der Waals surface area contributed by atoms with Crippen molar-refractivity contribution in [1.29, 1.82) is 0 Å². The van der Waals surface area contributed by atoms with E-state index in [9.17, 15) is 10.2 Å². The molecule has 0 saturated carbocycles. The number of nitrogens with one attached hydrogen (secondary N) is 1. The maximum absolute atomic E-state index is 11.3. The molecule has 0 aliphatic carbocycles. The van der Waals surface area contributed by atoms with Gasteiger partial charge in [-0.15, -0.1) is 0 Å². The van der Waals surface area contributed by atoms with E-state index >= 15 is 0 Å². The molecule has 0 unspecified atom stereocenters. The standard InChI is InChI=1S/C26H29N3O3/c1-18-15-21-23(28-18)7-4-8-24(21)32-14-9-25(30)29-12-10-26(31,11-13-29)20-16-19-5-2-3-6-22(19)27-17-20/h2-8,15-17,25,28,30-31H,9-14H2,1H3/t25-/m0/s1. The highest BCUT2D eigenvalue weighted by Gasteiger charge is 2.36. The molecule has 0 bridgehead atoms. The van der Waals surface area contributed by atoms with Crippen molar-refractivity contribution in [3.63, 3.8) is 0 Å². The number of likely N-dealkylation sites (tertiary alicyclic amines) is 1. The van der Waals surface area contributed by atoms with Gasteiger partial charge in [0.15, 0.2) is 0 Å². The molecule has 5 rings (SSSR count). The minimum Gasteiger partial charge on any atom is -0.493 e. The Morgan fingerprint density at radius 3 is 2.78 bits per heavy atom. The van der Waals surface area contributed by atoms with Crippen molar-refractivity contribution in [2.75, 3.05) is 19.7 Å². The van der Waals surface area contributed by atoms with E-state index < -0.39 is 11.8 Å². The topological polar surface area (TPSA) is 81.6 Å². The first-order valence-electron chi connectivity index (χ1n) is 11.2. The number of aryl methyl sites for hydroxylation is 1. The summed E-state index contributed by atoms with van der Waals surface area (Å²) in [6.45, 7) is 3.70. The van der Waals surface area contributed by atoms with Crippen LogP contribution in [0, 0.1) is 6.92 Å². The molecule has 3 N–H and O–H groups in total. The van der Waals surface area contributed by atoms with Gasteiger partial charge in [-0.05, 0) is 50.1 Å². The lowest BCUT2D eigenvalue weighted by molar-refractivity contribution is -0.0819. The molecule has 1 aliphatic heterocycles. The van der Waals surface area contributed by atoms with E-state index in [0.717, 1.165) is 38.8 Å². The van der Waals surface area contributed by atoms with Crippen molar-refractivity contribution < 1.29 is 14.9 Å². The maximum atomic E-state index is 11.3. The number of pyridine rings is 1. The SMILES string of the molecule is Cc1cc2c(OCC[C@H](O)N3CCC(O)(c4cnc5ccccc5c4)CC3)cccc2[nH]1. The molecule has 1 fully saturated rings. The molecular weight excluding hydrogens is 402 g/mol. The average molecular weight is 432 g/mol. The fourth-order valence-corrected chi connectivity index (χ4v) is 4.66. The summed E-state index contributed by atoms with van der Waals surface area (Å²) >= 11 is 0. The number of piperidine rings is 1. The highest BCUT2D eigenvalue weighted by molar-refractivity contribution is 5.86. The van der Waals surface area contributed by atoms with Crippen LogP contribution in [-0.4, -0.2) is 51.0 Å². The second-order valence-corrected chi connectivity index (χ2v) is 8.77. The predicted molar refractivity (Wildman–Crippen MR) is 126 cm³/mol. The van der Waals surface area contributed by atoms with Gasteiger partial charge in [0.05, 0.1) is 17.7 Å². The number of aliphatic hydroxyl groups is 2. The molecule has 6 nitrogen and oxygen atoms in total. The van der Waals surface area contributed by atoms with Gasteiger partial charge in [-0.2, -0.15) is 0 Å². The minimum absolute atomic E-state index is 0.430. The second kappa shape index (κ2) is 8.54. The van der Waals surface area contributed by atoms with Gasteiger partial charge in [0.2, 0.25) is 0 Å². The fraction of sp³-hybridized carbons (Fsp3) is 0.346. The summed E-state index contributed by atoms with van der Waals surface area (Å²) in [6.07, 6.45) is 2.82. The molecule has 1 atom stereocenters. The van der Waals surface area contributed by atoms with Gasteiger partial charge in [-0.25, -0.2) is 0 Å². The van der Waals surface area contributed by atoms with Crippen LogP contribution in [0.4, 0.5) is 0 Å². The van der Waals surface area contributed by atoms with E-state index in [2.05, 4.69) is 16.0 Å². The molecule has 3 heterocycles. The first-order chi connectivity index (χ1) is 15.5. The highest BCUT2D eigenvalue weighted by atomic mass is 16.5. The van der Waals surface area contributed by atoms with Crippen LogP contribution in [0.15, 0.2) is 60.8 Å². The summed E-state index contributed by atoms with van der Waals surface area (Å²) in [5.41, 5.74) is 3.02. The van der Waals surface area contributed by atoms with Crippen molar-refractivity contribution >= 4 is 21.8 Å². The summed E-state index contributed by atoms with van der Waals surface area (Å²) in [6, 6.07) is 18.0. The van der Waals surface area contributed by atoms with Crippen molar-refractivity contribution in [3.8, 4) is 5.75 Å². The van der Waals surface area contributed by atoms with E-state index in [1.807, 2.05) is 60.4 Å². The molecule has 4 aromatic rings. The lowest BCUT2D eigenvalue weighted by atomic mass is 9.84. The van der Waals surface area contributed by atoms with Crippen LogP contribution < -0.4 is 4.74 Å². The summed E-state index contributed by atoms with van der Waals surface area (Å²) in [4.78, 5) is 9.84. The normalized spacial score (nSPS) is 17.6. The lowest BCUT2D eigenvalue weighted by Crippen LogP contribution is -2.47. The zero-order valence-corrected chi connectivity index (χ0v) is 18.3. The molecule has 0 amide bonds. The number of fused-ring (bicyclic) bond motifs is 2. The van der Waals surface area contributed by atoms with Crippen LogP contribution in [0.25, 0.3) is 21.8 Å². The molecule has 0 spiro atoms. The monoisotopic (exact) mass is 431 g/mol. The number of benzene rings is 2. The molecule has 0 radical (unpaired) electrons. The largest absolute Gasteiger partial charge is 0.493 e. The van der Waals surface area contributed by atoms with Gasteiger partial charge < -0.3 is 19.9 Å². The number of aliphatic hydroxyl groups excluding tert-OH is 1. The van der Waals surface area contributed by atoms with E-state index in [0.29, 0.717) is 39.0 Å². The Balaban J connectivity index is 1.17. The smallest absolute Gasteiger partial charge is 0.128 e. The molecule has 1 aliphatic rings. The van der Waals surface area contributed by atoms with E-state index in [4.69, 9.17) is 4.74 Å². The summed E-state index contributed by atoms with van der Waals surface area (Å²) in [5, 5.41) is 24.0. The van der Waals surface area contributed by atoms with Gasteiger partial charge in [0, 0.05) is 53.3 Å². The second-order valence-electron chi connectivity index (χ2n) is 8.77. The third kappa shape index (κ3) is 4.09. The van der Waals surface area contributed by atoms with Crippen molar-refractivity contribution in [1.82, 2.24) is 14.9 Å². The predicted octanol–water partition coefficient (Wildman–Crippen LogP) is 4.10. The van der Waals surface area contributed by atoms with E-state index in [-0.39, 0.29) is 0 Å². The van der Waals surface area contributed by atoms with Crippen molar-refractivity contribution in [2.24, 2.45) is 0 Å². The summed E-state index contributed by atoms with van der Waals surface area (Å²) in [5.74, 6) is 0.830. The number of para-hydroxylation sites is 1. The Labute approximate surface area is 187 Å². The third-order valence-corrected chi connectivity index (χ3v) is 6.57. The Morgan fingerprint density at radius 2 is 1.94 bits per heavy atom.